The van der Waals surface area contributed by atoms with Gasteiger partial charge in [-0.25, -0.2) is 0 Å². The van der Waals surface area contributed by atoms with Crippen molar-refractivity contribution in [1.82, 2.24) is 0 Å². The molecule has 0 aliphatic carbocycles. The Morgan fingerprint density at radius 2 is 1.43 bits per heavy atom. The highest BCUT2D eigenvalue weighted by molar-refractivity contribution is 5.15. The Labute approximate surface area is 179 Å². The van der Waals surface area contributed by atoms with E-state index in [1.165, 1.54) is 11.1 Å². The quantitative estimate of drug-likeness (QED) is 0.678. The predicted octanol–water partition coefficient (Wildman–Crippen LogP) is 3.87. The van der Waals surface area contributed by atoms with Crippen molar-refractivity contribution in [2.24, 2.45) is 0 Å². The normalized spacial score (nSPS) is 39.8. The van der Waals surface area contributed by atoms with Gasteiger partial charge in [-0.15, -0.1) is 0 Å². The van der Waals surface area contributed by atoms with Gasteiger partial charge in [0.2, 0.25) is 0 Å². The Bertz CT molecular complexity index is 836. The van der Waals surface area contributed by atoms with Gasteiger partial charge in [-0.05, 0) is 5.56 Å². The Balaban J connectivity index is 1.37. The van der Waals surface area contributed by atoms with Crippen LogP contribution in [0.3, 0.4) is 0 Å². The second-order valence-corrected chi connectivity index (χ2v) is 9.25. The summed E-state index contributed by atoms with van der Waals surface area (Å²) in [7, 11) is 4.02. The molecule has 0 saturated carbocycles. The van der Waals surface area contributed by atoms with Gasteiger partial charge in [-0.3, -0.25) is 0 Å². The number of nitrogens with zero attached hydrogens (tertiary/aromatic N) is 1. The third kappa shape index (κ3) is 3.49. The van der Waals surface area contributed by atoms with E-state index < -0.39 is 5.97 Å². The van der Waals surface area contributed by atoms with Crippen LogP contribution in [0.1, 0.15) is 30.9 Å². The van der Waals surface area contributed by atoms with Crippen LogP contribution in [0.4, 0.5) is 0 Å². The van der Waals surface area contributed by atoms with Crippen LogP contribution in [0, 0.1) is 0 Å². The number of benzene rings is 2. The number of rotatable bonds is 6. The Morgan fingerprint density at radius 3 is 1.97 bits per heavy atom. The van der Waals surface area contributed by atoms with Crippen LogP contribution in [0.15, 0.2) is 60.7 Å². The fraction of sp³-hybridized carbons (Fsp3) is 0.520. The van der Waals surface area contributed by atoms with Gasteiger partial charge >= 0.3 is 0 Å². The molecule has 30 heavy (non-hydrogen) atoms. The van der Waals surface area contributed by atoms with Gasteiger partial charge < -0.3 is 23.4 Å². The molecule has 3 aliphatic heterocycles. The average molecular weight is 411 g/mol. The minimum Gasteiger partial charge on any atom is -0.373 e. The zero-order valence-electron chi connectivity index (χ0n) is 18.1. The van der Waals surface area contributed by atoms with E-state index in [-0.39, 0.29) is 18.3 Å². The molecule has 5 rings (SSSR count). The number of ether oxygens (including phenoxy) is 4. The van der Waals surface area contributed by atoms with Crippen LogP contribution in [-0.2, 0) is 32.1 Å². The topological polar surface area (TPSA) is 36.9 Å². The number of piperidine rings is 1. The van der Waals surface area contributed by atoms with Crippen LogP contribution in [0.5, 0.6) is 0 Å². The van der Waals surface area contributed by atoms with Gasteiger partial charge in [-0.1, -0.05) is 60.7 Å². The molecule has 2 bridgehead atoms. The third-order valence-corrected chi connectivity index (χ3v) is 7.37. The number of quaternary nitrogens is 1. The molecule has 0 amide bonds. The molecule has 2 aromatic rings. The summed E-state index contributed by atoms with van der Waals surface area (Å²) in [5.74, 6) is -0.943. The molecular formula is C25H32NO4+. The van der Waals surface area contributed by atoms with Gasteiger partial charge in [0.05, 0.1) is 19.8 Å². The number of likely N-dealkylation sites (N-methyl/N-ethyl adjacent to an activating group) is 1. The maximum absolute atomic E-state index is 6.38. The lowest BCUT2D eigenvalue weighted by atomic mass is 9.94. The zero-order valence-corrected chi connectivity index (χ0v) is 18.1. The summed E-state index contributed by atoms with van der Waals surface area (Å²) < 4.78 is 25.6. The molecule has 4 unspecified atom stereocenters. The molecule has 0 spiro atoms. The van der Waals surface area contributed by atoms with Crippen LogP contribution in [0.2, 0.25) is 0 Å². The molecule has 3 heterocycles. The van der Waals surface area contributed by atoms with E-state index in [2.05, 4.69) is 61.6 Å². The first kappa shape index (κ1) is 20.2. The molecule has 2 aromatic carbocycles. The minimum absolute atomic E-state index is 0.0268. The molecule has 4 atom stereocenters. The van der Waals surface area contributed by atoms with E-state index in [1.54, 1.807) is 7.11 Å². The Kier molecular flexibility index (Phi) is 5.20. The van der Waals surface area contributed by atoms with Crippen LogP contribution in [0.25, 0.3) is 0 Å². The standard InChI is InChI=1S/C25H32NO4/c1-25(27-3)29-23-21-14-20(28-17-19-12-8-5-9-13-19)15-22(24(23)30-25)26(21,2)16-18-10-6-4-7-11-18/h4-13,20-24H,14-17H2,1-3H3/q+1. The van der Waals surface area contributed by atoms with Crippen LogP contribution in [-0.4, -0.2) is 55.0 Å². The minimum atomic E-state index is -0.943. The largest absolute Gasteiger partial charge is 0.373 e. The molecule has 3 saturated heterocycles. The molecule has 3 aliphatic rings. The summed E-state index contributed by atoms with van der Waals surface area (Å²) in [6.07, 6.45) is 2.21. The first-order valence-corrected chi connectivity index (χ1v) is 11.0. The maximum atomic E-state index is 6.38. The van der Waals surface area contributed by atoms with E-state index in [1.807, 2.05) is 13.0 Å². The summed E-state index contributed by atoms with van der Waals surface area (Å²) in [4.78, 5) is 0. The molecule has 0 N–H and O–H groups in total. The fourth-order valence-electron chi connectivity index (χ4n) is 5.79. The molecule has 0 aromatic heterocycles. The van der Waals surface area contributed by atoms with Crippen molar-refractivity contribution in [2.75, 3.05) is 14.2 Å². The summed E-state index contributed by atoms with van der Waals surface area (Å²) in [5, 5.41) is 0. The Hall–Kier alpha value is -1.76. The third-order valence-electron chi connectivity index (χ3n) is 7.37. The molecule has 0 radical (unpaired) electrons. The van der Waals surface area contributed by atoms with Gasteiger partial charge in [-0.2, -0.15) is 0 Å². The Morgan fingerprint density at radius 1 is 0.900 bits per heavy atom. The first-order valence-electron chi connectivity index (χ1n) is 11.0. The lowest BCUT2D eigenvalue weighted by Gasteiger charge is -2.48. The predicted molar refractivity (Wildman–Crippen MR) is 113 cm³/mol. The highest BCUT2D eigenvalue weighted by Gasteiger charge is 2.69. The van der Waals surface area contributed by atoms with Crippen molar-refractivity contribution in [2.45, 2.75) is 69.3 Å². The van der Waals surface area contributed by atoms with Gasteiger partial charge in [0, 0.05) is 32.4 Å². The van der Waals surface area contributed by atoms with Crippen molar-refractivity contribution >= 4 is 0 Å². The SMILES string of the molecule is COC1(C)OC2C(O1)C1CC(OCc3ccccc3)CC2[N+]1(C)Cc1ccccc1. The van der Waals surface area contributed by atoms with Crippen molar-refractivity contribution in [3.05, 3.63) is 71.8 Å². The lowest BCUT2D eigenvalue weighted by Crippen LogP contribution is -2.61. The van der Waals surface area contributed by atoms with Crippen molar-refractivity contribution in [3.8, 4) is 0 Å². The number of hydrogen-bond acceptors (Lipinski definition) is 4. The van der Waals surface area contributed by atoms with Gasteiger partial charge in [0.15, 0.2) is 0 Å². The van der Waals surface area contributed by atoms with Crippen molar-refractivity contribution in [1.29, 1.82) is 0 Å². The van der Waals surface area contributed by atoms with E-state index in [9.17, 15) is 0 Å². The summed E-state index contributed by atoms with van der Waals surface area (Å²) >= 11 is 0. The smallest absolute Gasteiger partial charge is 0.280 e. The number of fused-ring (bicyclic) bond motifs is 5. The monoisotopic (exact) mass is 410 g/mol. The lowest BCUT2D eigenvalue weighted by molar-refractivity contribution is -0.966. The van der Waals surface area contributed by atoms with E-state index in [4.69, 9.17) is 18.9 Å². The highest BCUT2D eigenvalue weighted by Crippen LogP contribution is 2.51. The van der Waals surface area contributed by atoms with Gasteiger partial charge in [0.25, 0.3) is 5.97 Å². The van der Waals surface area contributed by atoms with Crippen LogP contribution >= 0.6 is 0 Å². The number of hydrogen-bond donors (Lipinski definition) is 0. The fourth-order valence-corrected chi connectivity index (χ4v) is 5.79. The second kappa shape index (κ2) is 7.74. The van der Waals surface area contributed by atoms with E-state index in [0.717, 1.165) is 23.9 Å². The first-order chi connectivity index (χ1) is 14.5. The van der Waals surface area contributed by atoms with Crippen molar-refractivity contribution < 1.29 is 23.4 Å². The average Bonchev–Trinajstić information content (AvgIpc) is 3.14. The summed E-state index contributed by atoms with van der Waals surface area (Å²) in [6, 6.07) is 21.8. The molecule has 5 nitrogen and oxygen atoms in total. The second-order valence-electron chi connectivity index (χ2n) is 9.25. The number of methoxy groups -OCH3 is 1. The van der Waals surface area contributed by atoms with E-state index in [0.29, 0.717) is 18.7 Å². The molecular weight excluding hydrogens is 378 g/mol. The van der Waals surface area contributed by atoms with Crippen LogP contribution < -0.4 is 0 Å². The summed E-state index contributed by atoms with van der Waals surface area (Å²) in [6.45, 7) is 3.51. The molecule has 5 heteroatoms. The highest BCUT2D eigenvalue weighted by atomic mass is 16.9. The zero-order chi connectivity index (χ0) is 20.8. The summed E-state index contributed by atoms with van der Waals surface area (Å²) in [5.41, 5.74) is 2.57. The maximum Gasteiger partial charge on any atom is 0.280 e. The van der Waals surface area contributed by atoms with E-state index >= 15 is 0 Å². The van der Waals surface area contributed by atoms with Gasteiger partial charge in [0.1, 0.15) is 30.8 Å². The molecule has 3 fully saturated rings. The van der Waals surface area contributed by atoms with Crippen molar-refractivity contribution in [3.63, 3.8) is 0 Å². The molecule has 160 valence electrons.